The predicted octanol–water partition coefficient (Wildman–Crippen LogP) is 2.72. The zero-order valence-corrected chi connectivity index (χ0v) is 12.9. The summed E-state index contributed by atoms with van der Waals surface area (Å²) in [5.74, 6) is 0.663. The van der Waals surface area contributed by atoms with Crippen molar-refractivity contribution in [3.05, 3.63) is 27.1 Å². The van der Waals surface area contributed by atoms with Gasteiger partial charge in [0.05, 0.1) is 4.92 Å². The van der Waals surface area contributed by atoms with E-state index in [2.05, 4.69) is 38.2 Å². The van der Waals surface area contributed by atoms with Crippen LogP contribution in [0.1, 0.15) is 25.8 Å². The number of hydrogen-bond donors (Lipinski definition) is 1. The quantitative estimate of drug-likeness (QED) is 0.589. The second-order valence-electron chi connectivity index (χ2n) is 5.43. The number of thiophene rings is 1. The molecule has 1 unspecified atom stereocenters. The third kappa shape index (κ3) is 5.67. The van der Waals surface area contributed by atoms with Crippen molar-refractivity contribution in [3.8, 4) is 0 Å². The van der Waals surface area contributed by atoms with E-state index in [0.717, 1.165) is 18.5 Å². The smallest absolute Gasteiger partial charge is 0.311 e. The van der Waals surface area contributed by atoms with Gasteiger partial charge in [-0.15, -0.1) is 0 Å². The molecule has 0 amide bonds. The molecular weight excluding hydrogens is 262 g/mol. The number of nitro groups is 1. The van der Waals surface area contributed by atoms with E-state index in [1.54, 1.807) is 6.07 Å². The molecule has 0 fully saturated rings. The van der Waals surface area contributed by atoms with Gasteiger partial charge in [-0.2, -0.15) is 0 Å². The molecular formula is C13H23N3O2S. The van der Waals surface area contributed by atoms with Crippen molar-refractivity contribution in [2.75, 3.05) is 20.6 Å². The Morgan fingerprint density at radius 1 is 1.47 bits per heavy atom. The summed E-state index contributed by atoms with van der Waals surface area (Å²) < 4.78 is 0. The summed E-state index contributed by atoms with van der Waals surface area (Å²) in [4.78, 5) is 12.5. The van der Waals surface area contributed by atoms with E-state index in [9.17, 15) is 10.1 Å². The van der Waals surface area contributed by atoms with Crippen molar-refractivity contribution >= 4 is 16.3 Å². The molecule has 1 N–H and O–H groups in total. The van der Waals surface area contributed by atoms with Gasteiger partial charge in [-0.3, -0.25) is 10.1 Å². The van der Waals surface area contributed by atoms with Crippen LogP contribution in [0.25, 0.3) is 0 Å². The van der Waals surface area contributed by atoms with Gasteiger partial charge in [-0.25, -0.2) is 0 Å². The lowest BCUT2D eigenvalue weighted by atomic mass is 10.0. The van der Waals surface area contributed by atoms with E-state index in [1.165, 1.54) is 11.3 Å². The Labute approximate surface area is 118 Å². The van der Waals surface area contributed by atoms with Gasteiger partial charge >= 0.3 is 5.00 Å². The van der Waals surface area contributed by atoms with Crippen LogP contribution in [0.15, 0.2) is 11.4 Å². The molecule has 0 radical (unpaired) electrons. The van der Waals surface area contributed by atoms with E-state index in [-0.39, 0.29) is 9.92 Å². The molecule has 0 aromatic carbocycles. The second kappa shape index (κ2) is 7.57. The Morgan fingerprint density at radius 3 is 2.63 bits per heavy atom. The fourth-order valence-electron chi connectivity index (χ4n) is 1.96. The summed E-state index contributed by atoms with van der Waals surface area (Å²) in [6.45, 7) is 6.03. The first-order valence-electron chi connectivity index (χ1n) is 6.49. The lowest BCUT2D eigenvalue weighted by Gasteiger charge is -2.26. The Bertz CT molecular complexity index is 404. The van der Waals surface area contributed by atoms with Crippen molar-refractivity contribution in [2.45, 2.75) is 32.9 Å². The van der Waals surface area contributed by atoms with Crippen LogP contribution in [0.3, 0.4) is 0 Å². The molecule has 1 atom stereocenters. The molecule has 1 heterocycles. The van der Waals surface area contributed by atoms with Crippen LogP contribution in [0.5, 0.6) is 0 Å². The van der Waals surface area contributed by atoms with Gasteiger partial charge in [-0.1, -0.05) is 25.2 Å². The monoisotopic (exact) mass is 285 g/mol. The van der Waals surface area contributed by atoms with Crippen molar-refractivity contribution in [3.63, 3.8) is 0 Å². The molecule has 0 spiro atoms. The van der Waals surface area contributed by atoms with E-state index in [4.69, 9.17) is 0 Å². The molecule has 0 saturated carbocycles. The number of nitrogens with one attached hydrogen (secondary N) is 1. The number of rotatable bonds is 8. The molecule has 0 aliphatic carbocycles. The highest BCUT2D eigenvalue weighted by molar-refractivity contribution is 7.13. The summed E-state index contributed by atoms with van der Waals surface area (Å²) in [5, 5.41) is 16.0. The van der Waals surface area contributed by atoms with Gasteiger partial charge in [0.25, 0.3) is 0 Å². The third-order valence-electron chi connectivity index (χ3n) is 3.00. The molecule has 6 heteroatoms. The summed E-state index contributed by atoms with van der Waals surface area (Å²) in [6.07, 6.45) is 1.14. The highest BCUT2D eigenvalue weighted by atomic mass is 32.1. The average Bonchev–Trinajstić information content (AvgIpc) is 2.75. The normalized spacial score (nSPS) is 13.2. The Hall–Kier alpha value is -0.980. The van der Waals surface area contributed by atoms with Crippen molar-refractivity contribution < 1.29 is 4.92 Å². The molecule has 0 aliphatic rings. The zero-order valence-electron chi connectivity index (χ0n) is 12.0. The van der Waals surface area contributed by atoms with E-state index < -0.39 is 0 Å². The molecule has 19 heavy (non-hydrogen) atoms. The maximum Gasteiger partial charge on any atom is 0.324 e. The van der Waals surface area contributed by atoms with Gasteiger partial charge in [0.2, 0.25) is 0 Å². The summed E-state index contributed by atoms with van der Waals surface area (Å²) in [7, 11) is 4.17. The molecule has 1 aromatic heterocycles. The first-order valence-corrected chi connectivity index (χ1v) is 7.37. The minimum atomic E-state index is -0.338. The standard InChI is InChI=1S/C13H23N3O2S/c1-10(2)5-12(15(3)4)8-14-7-11-6-13(16(17)18)19-9-11/h6,9-10,12,14H,5,7-8H2,1-4H3. The lowest BCUT2D eigenvalue weighted by Crippen LogP contribution is -2.38. The fourth-order valence-corrected chi connectivity index (χ4v) is 2.68. The largest absolute Gasteiger partial charge is 0.324 e. The topological polar surface area (TPSA) is 58.4 Å². The zero-order chi connectivity index (χ0) is 14.4. The summed E-state index contributed by atoms with van der Waals surface area (Å²) in [5.41, 5.74) is 0.985. The molecule has 5 nitrogen and oxygen atoms in total. The Morgan fingerprint density at radius 2 is 2.16 bits per heavy atom. The van der Waals surface area contributed by atoms with E-state index in [1.807, 2.05) is 5.38 Å². The van der Waals surface area contributed by atoms with Gasteiger partial charge in [0, 0.05) is 30.6 Å². The number of nitrogens with zero attached hydrogens (tertiary/aromatic N) is 2. The highest BCUT2D eigenvalue weighted by Crippen LogP contribution is 2.22. The Kier molecular flexibility index (Phi) is 6.41. The maximum atomic E-state index is 10.6. The van der Waals surface area contributed by atoms with Crippen LogP contribution in [0.4, 0.5) is 5.00 Å². The maximum absolute atomic E-state index is 10.6. The van der Waals surface area contributed by atoms with Crippen molar-refractivity contribution in [2.24, 2.45) is 5.92 Å². The average molecular weight is 285 g/mol. The lowest BCUT2D eigenvalue weighted by molar-refractivity contribution is -0.380. The van der Waals surface area contributed by atoms with Crippen LogP contribution in [-0.2, 0) is 6.54 Å². The minimum Gasteiger partial charge on any atom is -0.311 e. The molecule has 1 rings (SSSR count). The summed E-state index contributed by atoms with van der Waals surface area (Å²) in [6, 6.07) is 2.14. The van der Waals surface area contributed by atoms with Crippen LogP contribution >= 0.6 is 11.3 Å². The predicted molar refractivity (Wildman–Crippen MR) is 79.6 cm³/mol. The van der Waals surface area contributed by atoms with E-state index >= 15 is 0 Å². The van der Waals surface area contributed by atoms with Gasteiger partial charge < -0.3 is 10.2 Å². The SMILES string of the molecule is CC(C)CC(CNCc1csc([N+](=O)[O-])c1)N(C)C. The van der Waals surface area contributed by atoms with E-state index in [0.29, 0.717) is 18.5 Å². The first kappa shape index (κ1) is 16.1. The van der Waals surface area contributed by atoms with Crippen molar-refractivity contribution in [1.82, 2.24) is 10.2 Å². The minimum absolute atomic E-state index is 0.211. The van der Waals surface area contributed by atoms with Gasteiger partial charge in [0.15, 0.2) is 0 Å². The van der Waals surface area contributed by atoms with Crippen LogP contribution < -0.4 is 5.32 Å². The van der Waals surface area contributed by atoms with Crippen molar-refractivity contribution in [1.29, 1.82) is 0 Å². The number of likely N-dealkylation sites (N-methyl/N-ethyl adjacent to an activating group) is 1. The van der Waals surface area contributed by atoms with Gasteiger partial charge in [0.1, 0.15) is 0 Å². The fraction of sp³-hybridized carbons (Fsp3) is 0.692. The van der Waals surface area contributed by atoms with Gasteiger partial charge in [-0.05, 0) is 32.0 Å². The Balaban J connectivity index is 2.40. The van der Waals surface area contributed by atoms with Crippen LogP contribution in [-0.4, -0.2) is 36.5 Å². The molecule has 1 aromatic rings. The van der Waals surface area contributed by atoms with Crippen LogP contribution in [0.2, 0.25) is 0 Å². The number of hydrogen-bond acceptors (Lipinski definition) is 5. The highest BCUT2D eigenvalue weighted by Gasteiger charge is 2.13. The second-order valence-corrected chi connectivity index (χ2v) is 6.32. The third-order valence-corrected chi connectivity index (χ3v) is 3.93. The molecule has 0 bridgehead atoms. The van der Waals surface area contributed by atoms with Crippen LogP contribution in [0, 0.1) is 16.0 Å². The molecule has 108 valence electrons. The summed E-state index contributed by atoms with van der Waals surface area (Å²) >= 11 is 1.18. The first-order chi connectivity index (χ1) is 8.90. The molecule has 0 aliphatic heterocycles. The molecule has 0 saturated heterocycles.